The van der Waals surface area contributed by atoms with Crippen LogP contribution in [0.1, 0.15) is 20.9 Å². The first-order valence-corrected chi connectivity index (χ1v) is 7.63. The lowest BCUT2D eigenvalue weighted by Crippen LogP contribution is -2.50. The average molecular weight is 325 g/mol. The molecular formula is C16H15N5O3. The van der Waals surface area contributed by atoms with Crippen molar-refractivity contribution in [3.63, 3.8) is 0 Å². The van der Waals surface area contributed by atoms with Crippen LogP contribution in [0, 0.1) is 0 Å². The number of amides is 2. The van der Waals surface area contributed by atoms with E-state index in [0.717, 1.165) is 5.52 Å². The van der Waals surface area contributed by atoms with E-state index in [1.54, 1.807) is 34.3 Å². The molecule has 1 saturated heterocycles. The summed E-state index contributed by atoms with van der Waals surface area (Å²) in [6, 6.07) is 5.08. The number of nitrogens with one attached hydrogen (secondary N) is 1. The van der Waals surface area contributed by atoms with Gasteiger partial charge in [0.1, 0.15) is 0 Å². The topological polar surface area (TPSA) is 95.3 Å². The Hall–Kier alpha value is -3.16. The number of hydrogen-bond donors (Lipinski definition) is 1. The van der Waals surface area contributed by atoms with Crippen molar-refractivity contribution in [3.8, 4) is 0 Å². The molecule has 3 aromatic heterocycles. The Labute approximate surface area is 137 Å². The molecule has 1 aliphatic heterocycles. The molecule has 8 heteroatoms. The Morgan fingerprint density at radius 2 is 1.83 bits per heavy atom. The molecule has 0 atom stereocenters. The number of fused-ring (bicyclic) bond motifs is 1. The zero-order valence-electron chi connectivity index (χ0n) is 12.8. The van der Waals surface area contributed by atoms with Gasteiger partial charge in [-0.25, -0.2) is 9.97 Å². The first-order chi connectivity index (χ1) is 11.7. The molecule has 0 spiro atoms. The Kier molecular flexibility index (Phi) is 3.49. The number of aromatic nitrogens is 3. The first kappa shape index (κ1) is 14.4. The van der Waals surface area contributed by atoms with Gasteiger partial charge >= 0.3 is 0 Å². The molecule has 4 heterocycles. The van der Waals surface area contributed by atoms with Gasteiger partial charge in [-0.1, -0.05) is 0 Å². The monoisotopic (exact) mass is 325 g/mol. The Morgan fingerprint density at radius 3 is 2.54 bits per heavy atom. The molecule has 0 aromatic carbocycles. The molecule has 0 saturated carbocycles. The lowest BCUT2D eigenvalue weighted by atomic mass is 10.2. The highest BCUT2D eigenvalue weighted by Gasteiger charge is 2.26. The standard InChI is InChI=1S/C16H15N5O3/c22-15(11-8-12-14(17-9-11)19-10-18-12)20-3-5-21(6-4-20)16(23)13-2-1-7-24-13/h1-2,7-10H,3-6H2,(H,17,18,19). The minimum atomic E-state index is -0.146. The molecule has 1 aliphatic rings. The Balaban J connectivity index is 1.43. The number of carbonyl (C=O) groups excluding carboxylic acids is 2. The summed E-state index contributed by atoms with van der Waals surface area (Å²) in [5.41, 5.74) is 1.82. The summed E-state index contributed by atoms with van der Waals surface area (Å²) < 4.78 is 5.14. The zero-order valence-corrected chi connectivity index (χ0v) is 12.8. The number of pyridine rings is 1. The number of imidazole rings is 1. The molecule has 4 rings (SSSR count). The molecular weight excluding hydrogens is 310 g/mol. The van der Waals surface area contributed by atoms with Crippen molar-refractivity contribution in [2.24, 2.45) is 0 Å². The van der Waals surface area contributed by atoms with Crippen molar-refractivity contribution < 1.29 is 14.0 Å². The molecule has 1 N–H and O–H groups in total. The SMILES string of the molecule is O=C(c1cnc2nc[nH]c2c1)N1CCN(C(=O)c2ccco2)CC1. The third-order valence-corrected chi connectivity index (χ3v) is 4.11. The molecule has 2 amide bonds. The highest BCUT2D eigenvalue weighted by molar-refractivity contribution is 5.96. The minimum Gasteiger partial charge on any atom is -0.459 e. The summed E-state index contributed by atoms with van der Waals surface area (Å²) in [5.74, 6) is 0.0837. The van der Waals surface area contributed by atoms with E-state index in [1.807, 2.05) is 0 Å². The lowest BCUT2D eigenvalue weighted by molar-refractivity contribution is 0.0518. The van der Waals surface area contributed by atoms with Crippen LogP contribution in [0.2, 0.25) is 0 Å². The van der Waals surface area contributed by atoms with Gasteiger partial charge in [-0.3, -0.25) is 9.59 Å². The fourth-order valence-corrected chi connectivity index (χ4v) is 2.80. The molecule has 24 heavy (non-hydrogen) atoms. The van der Waals surface area contributed by atoms with Crippen molar-refractivity contribution in [3.05, 3.63) is 48.3 Å². The van der Waals surface area contributed by atoms with E-state index in [0.29, 0.717) is 43.1 Å². The van der Waals surface area contributed by atoms with Crippen LogP contribution in [0.3, 0.4) is 0 Å². The van der Waals surface area contributed by atoms with Gasteiger partial charge in [0, 0.05) is 32.4 Å². The van der Waals surface area contributed by atoms with E-state index in [1.165, 1.54) is 12.5 Å². The van der Waals surface area contributed by atoms with Gasteiger partial charge in [-0.05, 0) is 18.2 Å². The molecule has 0 bridgehead atoms. The number of rotatable bonds is 2. The predicted molar refractivity (Wildman–Crippen MR) is 84.4 cm³/mol. The second-order valence-corrected chi connectivity index (χ2v) is 5.56. The highest BCUT2D eigenvalue weighted by atomic mass is 16.3. The van der Waals surface area contributed by atoms with E-state index in [-0.39, 0.29) is 11.8 Å². The summed E-state index contributed by atoms with van der Waals surface area (Å²) in [7, 11) is 0. The summed E-state index contributed by atoms with van der Waals surface area (Å²) >= 11 is 0. The number of furan rings is 1. The quantitative estimate of drug-likeness (QED) is 0.762. The van der Waals surface area contributed by atoms with E-state index in [4.69, 9.17) is 4.42 Å². The van der Waals surface area contributed by atoms with Crippen LogP contribution in [-0.2, 0) is 0 Å². The number of nitrogens with zero attached hydrogens (tertiary/aromatic N) is 4. The van der Waals surface area contributed by atoms with E-state index in [2.05, 4.69) is 15.0 Å². The van der Waals surface area contributed by atoms with Crippen LogP contribution in [0.4, 0.5) is 0 Å². The Bertz CT molecular complexity index is 878. The molecule has 0 unspecified atom stereocenters. The molecule has 3 aromatic rings. The maximum Gasteiger partial charge on any atom is 0.289 e. The lowest BCUT2D eigenvalue weighted by Gasteiger charge is -2.34. The smallest absolute Gasteiger partial charge is 0.289 e. The first-order valence-electron chi connectivity index (χ1n) is 7.63. The van der Waals surface area contributed by atoms with Gasteiger partial charge in [-0.15, -0.1) is 0 Å². The van der Waals surface area contributed by atoms with E-state index < -0.39 is 0 Å². The fourth-order valence-electron chi connectivity index (χ4n) is 2.80. The van der Waals surface area contributed by atoms with Crippen molar-refractivity contribution in [2.45, 2.75) is 0 Å². The van der Waals surface area contributed by atoms with Crippen LogP contribution in [-0.4, -0.2) is 62.7 Å². The van der Waals surface area contributed by atoms with Crippen molar-refractivity contribution in [1.82, 2.24) is 24.8 Å². The fraction of sp³-hybridized carbons (Fsp3) is 0.250. The Morgan fingerprint density at radius 1 is 1.08 bits per heavy atom. The van der Waals surface area contributed by atoms with E-state index >= 15 is 0 Å². The van der Waals surface area contributed by atoms with Gasteiger partial charge in [0.25, 0.3) is 11.8 Å². The summed E-state index contributed by atoms with van der Waals surface area (Å²) in [6.45, 7) is 1.91. The van der Waals surface area contributed by atoms with Crippen LogP contribution < -0.4 is 0 Å². The molecule has 8 nitrogen and oxygen atoms in total. The van der Waals surface area contributed by atoms with Crippen LogP contribution in [0.5, 0.6) is 0 Å². The maximum absolute atomic E-state index is 12.6. The second-order valence-electron chi connectivity index (χ2n) is 5.56. The number of aromatic amines is 1. The summed E-state index contributed by atoms with van der Waals surface area (Å²) in [5, 5.41) is 0. The summed E-state index contributed by atoms with van der Waals surface area (Å²) in [4.78, 5) is 39.4. The van der Waals surface area contributed by atoms with Gasteiger partial charge in [0.05, 0.1) is 23.7 Å². The van der Waals surface area contributed by atoms with Crippen molar-refractivity contribution in [2.75, 3.05) is 26.2 Å². The van der Waals surface area contributed by atoms with E-state index in [9.17, 15) is 9.59 Å². The molecule has 0 aliphatic carbocycles. The minimum absolute atomic E-state index is 0.0934. The number of piperazine rings is 1. The largest absolute Gasteiger partial charge is 0.459 e. The zero-order chi connectivity index (χ0) is 16.5. The number of hydrogen-bond acceptors (Lipinski definition) is 5. The number of carbonyl (C=O) groups is 2. The van der Waals surface area contributed by atoms with Gasteiger partial charge < -0.3 is 19.2 Å². The molecule has 122 valence electrons. The predicted octanol–water partition coefficient (Wildman–Crippen LogP) is 1.15. The molecule has 0 radical (unpaired) electrons. The normalized spacial score (nSPS) is 15.0. The van der Waals surface area contributed by atoms with Gasteiger partial charge in [0.15, 0.2) is 11.4 Å². The summed E-state index contributed by atoms with van der Waals surface area (Å²) in [6.07, 6.45) is 4.56. The third-order valence-electron chi connectivity index (χ3n) is 4.11. The second kappa shape index (κ2) is 5.80. The molecule has 1 fully saturated rings. The highest BCUT2D eigenvalue weighted by Crippen LogP contribution is 2.14. The van der Waals surface area contributed by atoms with Crippen molar-refractivity contribution in [1.29, 1.82) is 0 Å². The third kappa shape index (κ3) is 2.51. The van der Waals surface area contributed by atoms with Gasteiger partial charge in [-0.2, -0.15) is 0 Å². The van der Waals surface area contributed by atoms with Crippen LogP contribution in [0.25, 0.3) is 11.2 Å². The maximum atomic E-state index is 12.6. The van der Waals surface area contributed by atoms with Crippen LogP contribution in [0.15, 0.2) is 41.4 Å². The van der Waals surface area contributed by atoms with Crippen LogP contribution >= 0.6 is 0 Å². The van der Waals surface area contributed by atoms with Crippen molar-refractivity contribution >= 4 is 23.0 Å². The van der Waals surface area contributed by atoms with Gasteiger partial charge in [0.2, 0.25) is 0 Å². The number of H-pyrrole nitrogens is 1. The average Bonchev–Trinajstić information content (AvgIpc) is 3.31.